The molecule has 0 unspecified atom stereocenters. The second-order valence-electron chi connectivity index (χ2n) is 6.81. The number of hydrogen-bond acceptors (Lipinski definition) is 2. The van der Waals surface area contributed by atoms with Gasteiger partial charge in [-0.1, -0.05) is 12.1 Å². The van der Waals surface area contributed by atoms with Crippen LogP contribution in [0.1, 0.15) is 0 Å². The lowest BCUT2D eigenvalue weighted by Gasteiger charge is -2.23. The highest BCUT2D eigenvalue weighted by molar-refractivity contribution is 6.01. The third-order valence-corrected chi connectivity index (χ3v) is 5.16. The van der Waals surface area contributed by atoms with Gasteiger partial charge in [0, 0.05) is 34.6 Å². The van der Waals surface area contributed by atoms with E-state index in [0.717, 1.165) is 24.5 Å². The van der Waals surface area contributed by atoms with E-state index in [1.54, 1.807) is 0 Å². The lowest BCUT2D eigenvalue weighted by molar-refractivity contribution is 0.411. The molecule has 2 aromatic heterocycles. The van der Waals surface area contributed by atoms with Crippen LogP contribution in [0.5, 0.6) is 0 Å². The number of fused-ring (bicyclic) bond motifs is 8. The minimum atomic E-state index is -2.17. The summed E-state index contributed by atoms with van der Waals surface area (Å²) in [6.07, 6.45) is 2.08. The molecule has 4 aromatic rings. The van der Waals surface area contributed by atoms with Crippen molar-refractivity contribution in [2.75, 3.05) is 0 Å². The van der Waals surface area contributed by atoms with E-state index in [4.69, 9.17) is 0 Å². The Labute approximate surface area is 173 Å². The third-order valence-electron chi connectivity index (χ3n) is 5.16. The maximum Gasteiger partial charge on any atom is 0.198 e. The van der Waals surface area contributed by atoms with E-state index in [0.29, 0.717) is 0 Å². The summed E-state index contributed by atoms with van der Waals surface area (Å²) in [6.45, 7) is 0. The zero-order valence-corrected chi connectivity index (χ0v) is 15.4. The Balaban J connectivity index is 2.14. The molecule has 0 fully saturated rings. The van der Waals surface area contributed by atoms with E-state index in [2.05, 4.69) is 9.97 Å². The number of rotatable bonds is 0. The largest absolute Gasteiger partial charge is 0.255 e. The Morgan fingerprint density at radius 3 is 1.06 bits per heavy atom. The van der Waals surface area contributed by atoms with E-state index in [1.807, 2.05) is 0 Å². The zero-order valence-electron chi connectivity index (χ0n) is 15.4. The Kier molecular flexibility index (Phi) is 4.30. The van der Waals surface area contributed by atoms with E-state index < -0.39 is 91.3 Å². The molecule has 2 aromatic carbocycles. The molecular formula is C22H6F8N2. The summed E-state index contributed by atoms with van der Waals surface area (Å²) >= 11 is 0. The van der Waals surface area contributed by atoms with Gasteiger partial charge in [0.1, 0.15) is 0 Å². The summed E-state index contributed by atoms with van der Waals surface area (Å²) in [5.74, 6) is -16.1. The van der Waals surface area contributed by atoms with Crippen molar-refractivity contribution in [1.29, 1.82) is 0 Å². The molecule has 0 N–H and O–H groups in total. The van der Waals surface area contributed by atoms with Gasteiger partial charge in [-0.05, 0) is 12.1 Å². The van der Waals surface area contributed by atoms with E-state index in [9.17, 15) is 35.1 Å². The van der Waals surface area contributed by atoms with E-state index in [-0.39, 0.29) is 0 Å². The average Bonchev–Trinajstić information content (AvgIpc) is 2.80. The van der Waals surface area contributed by atoms with Crippen LogP contribution in [0.15, 0.2) is 36.7 Å². The second-order valence-corrected chi connectivity index (χ2v) is 6.81. The quantitative estimate of drug-likeness (QED) is 0.152. The SMILES string of the molecule is Fc1c(F)c(F)c2c(c1F)-c1cccnc1-c1c(F)c(F)c(F)c(F)c1-c1cccnc1-2. The molecular weight excluding hydrogens is 444 g/mol. The molecule has 1 aliphatic rings. The molecule has 1 aliphatic carbocycles. The van der Waals surface area contributed by atoms with Crippen molar-refractivity contribution in [2.45, 2.75) is 0 Å². The summed E-state index contributed by atoms with van der Waals surface area (Å²) in [4.78, 5) is 7.62. The molecule has 32 heavy (non-hydrogen) atoms. The fourth-order valence-electron chi connectivity index (χ4n) is 3.83. The van der Waals surface area contributed by atoms with Crippen LogP contribution in [0.3, 0.4) is 0 Å². The normalized spacial score (nSPS) is 11.8. The molecule has 0 saturated heterocycles. The molecule has 10 heteroatoms. The molecule has 5 rings (SSSR count). The standard InChI is InChI=1S/C22H6F8N2/c23-13-9-7-3-1-5-31-21(7)12-10(14(24)18(28)20(30)16(12)26)8-4-2-6-32-22(8)11(9)15(25)19(29)17(13)27/h1-6H. The molecule has 0 aliphatic heterocycles. The Morgan fingerprint density at radius 1 is 0.406 bits per heavy atom. The van der Waals surface area contributed by atoms with Crippen LogP contribution >= 0.6 is 0 Å². The fourth-order valence-corrected chi connectivity index (χ4v) is 3.83. The van der Waals surface area contributed by atoms with Crippen LogP contribution in [-0.4, -0.2) is 9.97 Å². The van der Waals surface area contributed by atoms with Crippen LogP contribution in [0, 0.1) is 46.5 Å². The first kappa shape index (κ1) is 20.1. The van der Waals surface area contributed by atoms with Crippen molar-refractivity contribution in [1.82, 2.24) is 9.97 Å². The van der Waals surface area contributed by atoms with Crippen LogP contribution in [0.2, 0.25) is 0 Å². The highest BCUT2D eigenvalue weighted by Gasteiger charge is 2.37. The average molecular weight is 450 g/mol. The van der Waals surface area contributed by atoms with Crippen molar-refractivity contribution in [3.8, 4) is 44.8 Å². The topological polar surface area (TPSA) is 25.8 Å². The number of pyridine rings is 2. The van der Waals surface area contributed by atoms with Gasteiger partial charge >= 0.3 is 0 Å². The summed E-state index contributed by atoms with van der Waals surface area (Å²) in [7, 11) is 0. The minimum Gasteiger partial charge on any atom is -0.255 e. The predicted molar refractivity (Wildman–Crippen MR) is 97.0 cm³/mol. The zero-order chi connectivity index (χ0) is 22.9. The first-order valence-electron chi connectivity index (χ1n) is 8.89. The van der Waals surface area contributed by atoms with Crippen molar-refractivity contribution >= 4 is 0 Å². The number of hydrogen-bond donors (Lipinski definition) is 0. The number of aromatic nitrogens is 2. The van der Waals surface area contributed by atoms with Crippen molar-refractivity contribution < 1.29 is 35.1 Å². The molecule has 160 valence electrons. The Hall–Kier alpha value is -3.82. The maximum atomic E-state index is 15.0. The molecule has 0 atom stereocenters. The summed E-state index contributed by atoms with van der Waals surface area (Å²) in [5, 5.41) is 0. The van der Waals surface area contributed by atoms with Crippen LogP contribution in [-0.2, 0) is 0 Å². The van der Waals surface area contributed by atoms with Gasteiger partial charge in [-0.3, -0.25) is 9.97 Å². The molecule has 2 heterocycles. The van der Waals surface area contributed by atoms with Gasteiger partial charge in [0.25, 0.3) is 0 Å². The highest BCUT2D eigenvalue weighted by Crippen LogP contribution is 2.50. The van der Waals surface area contributed by atoms with Crippen LogP contribution in [0.4, 0.5) is 35.1 Å². The monoisotopic (exact) mass is 450 g/mol. The van der Waals surface area contributed by atoms with Gasteiger partial charge in [-0.2, -0.15) is 0 Å². The highest BCUT2D eigenvalue weighted by atomic mass is 19.2. The lowest BCUT2D eigenvalue weighted by atomic mass is 9.83. The molecule has 0 bridgehead atoms. The molecule has 2 nitrogen and oxygen atoms in total. The second kappa shape index (κ2) is 6.84. The lowest BCUT2D eigenvalue weighted by Crippen LogP contribution is -2.11. The van der Waals surface area contributed by atoms with Gasteiger partial charge in [0.2, 0.25) is 0 Å². The van der Waals surface area contributed by atoms with Gasteiger partial charge in [-0.15, -0.1) is 0 Å². The Bertz CT molecular complexity index is 1250. The molecule has 0 spiro atoms. The van der Waals surface area contributed by atoms with Gasteiger partial charge < -0.3 is 0 Å². The van der Waals surface area contributed by atoms with Gasteiger partial charge in [0.15, 0.2) is 46.5 Å². The van der Waals surface area contributed by atoms with Gasteiger partial charge in [0.05, 0.1) is 22.5 Å². The van der Waals surface area contributed by atoms with Crippen LogP contribution < -0.4 is 0 Å². The van der Waals surface area contributed by atoms with Gasteiger partial charge in [-0.25, -0.2) is 35.1 Å². The Morgan fingerprint density at radius 2 is 0.719 bits per heavy atom. The van der Waals surface area contributed by atoms with Crippen molar-refractivity contribution in [3.05, 3.63) is 83.2 Å². The predicted octanol–water partition coefficient (Wildman–Crippen LogP) is 6.57. The fraction of sp³-hybridized carbons (Fsp3) is 0. The minimum absolute atomic E-state index is 0.514. The smallest absolute Gasteiger partial charge is 0.198 e. The van der Waals surface area contributed by atoms with Crippen LogP contribution in [0.25, 0.3) is 44.8 Å². The third kappa shape index (κ3) is 2.46. The number of benzene rings is 2. The molecule has 0 radical (unpaired) electrons. The maximum absolute atomic E-state index is 15.0. The first-order valence-corrected chi connectivity index (χ1v) is 8.89. The molecule has 0 amide bonds. The van der Waals surface area contributed by atoms with Crippen molar-refractivity contribution in [3.63, 3.8) is 0 Å². The summed E-state index contributed by atoms with van der Waals surface area (Å²) < 4.78 is 117. The van der Waals surface area contributed by atoms with E-state index in [1.165, 1.54) is 12.1 Å². The summed E-state index contributed by atoms with van der Waals surface area (Å²) in [5.41, 5.74) is -5.92. The summed E-state index contributed by atoms with van der Waals surface area (Å²) in [6, 6.07) is 4.43. The first-order chi connectivity index (χ1) is 15.3. The number of halogens is 8. The number of nitrogens with zero attached hydrogens (tertiary/aromatic N) is 2. The van der Waals surface area contributed by atoms with Crippen molar-refractivity contribution in [2.24, 2.45) is 0 Å². The van der Waals surface area contributed by atoms with E-state index >= 15 is 0 Å². The molecule has 0 saturated carbocycles.